The van der Waals surface area contributed by atoms with Crippen molar-refractivity contribution in [3.05, 3.63) is 36.4 Å². The summed E-state index contributed by atoms with van der Waals surface area (Å²) in [5.74, 6) is 0. The van der Waals surface area contributed by atoms with E-state index < -0.39 is 0 Å². The van der Waals surface area contributed by atoms with Crippen molar-refractivity contribution in [3.8, 4) is 0 Å². The zero-order valence-electron chi connectivity index (χ0n) is 7.03. The molecule has 62 valence electrons. The number of unbranched alkanes of at least 4 members (excludes halogenated alkanes) is 1. The lowest BCUT2D eigenvalue weighted by atomic mass is 10.4. The van der Waals surface area contributed by atoms with Crippen LogP contribution in [-0.4, -0.2) is 11.7 Å². The zero-order valence-corrected chi connectivity index (χ0v) is 7.03. The van der Waals surface area contributed by atoms with Crippen LogP contribution in [-0.2, 0) is 0 Å². The first kappa shape index (κ1) is 10.2. The maximum atomic E-state index is 8.07. The van der Waals surface area contributed by atoms with Gasteiger partial charge in [0.25, 0.3) is 0 Å². The van der Waals surface area contributed by atoms with Gasteiger partial charge in [0.1, 0.15) is 0 Å². The van der Waals surface area contributed by atoms with Gasteiger partial charge >= 0.3 is 0 Å². The average Bonchev–Trinajstić information content (AvgIpc) is 2.10. The Morgan fingerprint density at radius 3 is 1.36 bits per heavy atom. The quantitative estimate of drug-likeness (QED) is 0.690. The molecule has 1 aromatic rings. The summed E-state index contributed by atoms with van der Waals surface area (Å²) in [5.41, 5.74) is 0. The lowest BCUT2D eigenvalue weighted by Crippen LogP contribution is -1.75. The molecule has 11 heavy (non-hydrogen) atoms. The second kappa shape index (κ2) is 9.18. The van der Waals surface area contributed by atoms with E-state index in [1.807, 2.05) is 36.4 Å². The molecule has 0 aromatic heterocycles. The van der Waals surface area contributed by atoms with E-state index in [0.29, 0.717) is 6.61 Å². The topological polar surface area (TPSA) is 20.2 Å². The van der Waals surface area contributed by atoms with Crippen molar-refractivity contribution in [2.45, 2.75) is 19.8 Å². The maximum Gasteiger partial charge on any atom is 0.0430 e. The second-order valence-corrected chi connectivity index (χ2v) is 2.23. The fourth-order valence-electron chi connectivity index (χ4n) is 0.543. The third kappa shape index (κ3) is 9.18. The van der Waals surface area contributed by atoms with Crippen LogP contribution in [0.15, 0.2) is 36.4 Å². The molecule has 1 rings (SSSR count). The van der Waals surface area contributed by atoms with Gasteiger partial charge in [-0.15, -0.1) is 0 Å². The van der Waals surface area contributed by atoms with Crippen LogP contribution < -0.4 is 0 Å². The van der Waals surface area contributed by atoms with Crippen molar-refractivity contribution in [1.82, 2.24) is 0 Å². The summed E-state index contributed by atoms with van der Waals surface area (Å²) in [4.78, 5) is 0. The molecule has 0 unspecified atom stereocenters. The molecule has 0 saturated carbocycles. The standard InChI is InChI=1S/C6H6.C4H10O/c1-2-4-6-5-3-1;1-2-3-4-5/h1-6H;5H,2-4H2,1H3. The molecule has 0 aliphatic carbocycles. The number of rotatable bonds is 2. The summed E-state index contributed by atoms with van der Waals surface area (Å²) in [6.45, 7) is 2.40. The fraction of sp³-hybridized carbons (Fsp3) is 0.400. The van der Waals surface area contributed by atoms with Crippen LogP contribution in [0.5, 0.6) is 0 Å². The third-order valence-corrected chi connectivity index (χ3v) is 1.18. The lowest BCUT2D eigenvalue weighted by molar-refractivity contribution is 0.287. The first-order chi connectivity index (χ1) is 5.41. The largest absolute Gasteiger partial charge is 0.396 e. The Labute approximate surface area is 68.7 Å². The smallest absolute Gasteiger partial charge is 0.0430 e. The molecule has 1 N–H and O–H groups in total. The molecular formula is C10H16O. The van der Waals surface area contributed by atoms with Crippen LogP contribution in [0.2, 0.25) is 0 Å². The van der Waals surface area contributed by atoms with E-state index in [9.17, 15) is 0 Å². The highest BCUT2D eigenvalue weighted by Crippen LogP contribution is 1.80. The molecule has 1 heteroatoms. The maximum absolute atomic E-state index is 8.07. The molecule has 0 aliphatic rings. The molecule has 0 fully saturated rings. The number of aliphatic hydroxyl groups excluding tert-OH is 1. The summed E-state index contributed by atoms with van der Waals surface area (Å²) in [6.07, 6.45) is 2.04. The molecular weight excluding hydrogens is 136 g/mol. The number of aliphatic hydroxyl groups is 1. The predicted molar refractivity (Wildman–Crippen MR) is 48.4 cm³/mol. The van der Waals surface area contributed by atoms with E-state index in [-0.39, 0.29) is 0 Å². The summed E-state index contributed by atoms with van der Waals surface area (Å²) in [6, 6.07) is 12.0. The normalized spacial score (nSPS) is 8.18. The summed E-state index contributed by atoms with van der Waals surface area (Å²) < 4.78 is 0. The first-order valence-corrected chi connectivity index (χ1v) is 4.02. The summed E-state index contributed by atoms with van der Waals surface area (Å²) in [5, 5.41) is 8.07. The van der Waals surface area contributed by atoms with Crippen LogP contribution in [0.3, 0.4) is 0 Å². The van der Waals surface area contributed by atoms with Crippen molar-refractivity contribution in [2.75, 3.05) is 6.61 Å². The lowest BCUT2D eigenvalue weighted by Gasteiger charge is -1.79. The van der Waals surface area contributed by atoms with Gasteiger partial charge in [0.05, 0.1) is 0 Å². The van der Waals surface area contributed by atoms with Crippen molar-refractivity contribution in [2.24, 2.45) is 0 Å². The van der Waals surface area contributed by atoms with Crippen molar-refractivity contribution in [3.63, 3.8) is 0 Å². The van der Waals surface area contributed by atoms with Gasteiger partial charge in [-0.1, -0.05) is 49.7 Å². The predicted octanol–water partition coefficient (Wildman–Crippen LogP) is 2.47. The highest BCUT2D eigenvalue weighted by atomic mass is 16.2. The molecule has 0 atom stereocenters. The van der Waals surface area contributed by atoms with Gasteiger partial charge in [-0.2, -0.15) is 0 Å². The minimum Gasteiger partial charge on any atom is -0.396 e. The second-order valence-electron chi connectivity index (χ2n) is 2.23. The van der Waals surface area contributed by atoms with E-state index in [4.69, 9.17) is 5.11 Å². The van der Waals surface area contributed by atoms with Crippen molar-refractivity contribution in [1.29, 1.82) is 0 Å². The number of benzene rings is 1. The Balaban J connectivity index is 0.000000187. The Kier molecular flexibility index (Phi) is 8.50. The average molecular weight is 152 g/mol. The molecule has 1 aromatic carbocycles. The van der Waals surface area contributed by atoms with Gasteiger partial charge < -0.3 is 5.11 Å². The van der Waals surface area contributed by atoms with Crippen LogP contribution in [0.25, 0.3) is 0 Å². The Morgan fingerprint density at radius 2 is 1.27 bits per heavy atom. The molecule has 0 radical (unpaired) electrons. The monoisotopic (exact) mass is 152 g/mol. The molecule has 0 amide bonds. The van der Waals surface area contributed by atoms with Gasteiger partial charge in [-0.25, -0.2) is 0 Å². The number of hydrogen-bond donors (Lipinski definition) is 1. The highest BCUT2D eigenvalue weighted by molar-refractivity contribution is 4.99. The molecule has 0 bridgehead atoms. The van der Waals surface area contributed by atoms with Crippen LogP contribution in [0.1, 0.15) is 19.8 Å². The molecule has 1 nitrogen and oxygen atoms in total. The van der Waals surface area contributed by atoms with Gasteiger partial charge in [-0.05, 0) is 6.42 Å². The van der Waals surface area contributed by atoms with E-state index in [1.165, 1.54) is 0 Å². The molecule has 0 spiro atoms. The minimum atomic E-state index is 0.344. The minimum absolute atomic E-state index is 0.344. The fourth-order valence-corrected chi connectivity index (χ4v) is 0.543. The van der Waals surface area contributed by atoms with Crippen LogP contribution >= 0.6 is 0 Å². The van der Waals surface area contributed by atoms with Gasteiger partial charge in [0.2, 0.25) is 0 Å². The highest BCUT2D eigenvalue weighted by Gasteiger charge is 1.69. The van der Waals surface area contributed by atoms with E-state index in [0.717, 1.165) is 12.8 Å². The Bertz CT molecular complexity index is 108. The summed E-state index contributed by atoms with van der Waals surface area (Å²) in [7, 11) is 0. The van der Waals surface area contributed by atoms with Crippen molar-refractivity contribution >= 4 is 0 Å². The molecule has 0 aliphatic heterocycles. The zero-order chi connectivity index (χ0) is 8.36. The third-order valence-electron chi connectivity index (χ3n) is 1.18. The van der Waals surface area contributed by atoms with E-state index in [1.54, 1.807) is 0 Å². The van der Waals surface area contributed by atoms with Crippen molar-refractivity contribution < 1.29 is 5.11 Å². The van der Waals surface area contributed by atoms with Gasteiger partial charge in [-0.3, -0.25) is 0 Å². The SMILES string of the molecule is CCCCO.c1ccccc1. The van der Waals surface area contributed by atoms with Gasteiger partial charge in [0.15, 0.2) is 0 Å². The summed E-state index contributed by atoms with van der Waals surface area (Å²) >= 11 is 0. The van der Waals surface area contributed by atoms with Gasteiger partial charge in [0, 0.05) is 6.61 Å². The van der Waals surface area contributed by atoms with Crippen LogP contribution in [0.4, 0.5) is 0 Å². The van der Waals surface area contributed by atoms with E-state index >= 15 is 0 Å². The Hall–Kier alpha value is -0.820. The van der Waals surface area contributed by atoms with E-state index in [2.05, 4.69) is 6.92 Å². The van der Waals surface area contributed by atoms with Crippen LogP contribution in [0, 0.1) is 0 Å². The first-order valence-electron chi connectivity index (χ1n) is 4.02. The Morgan fingerprint density at radius 1 is 0.909 bits per heavy atom. The number of hydrogen-bond acceptors (Lipinski definition) is 1. The molecule has 0 saturated heterocycles. The molecule has 0 heterocycles.